The van der Waals surface area contributed by atoms with Crippen LogP contribution in [-0.2, 0) is 0 Å². The third-order valence-corrected chi connectivity index (χ3v) is 12.4. The van der Waals surface area contributed by atoms with E-state index in [1.807, 2.05) is 47.7 Å². The van der Waals surface area contributed by atoms with Gasteiger partial charge in [0.25, 0.3) is 0 Å². The lowest BCUT2D eigenvalue weighted by atomic mass is 10.0. The fraction of sp³-hybridized carbons (Fsp3) is 0. The molecule has 0 saturated carbocycles. The Morgan fingerprint density at radius 1 is 0.368 bits per heavy atom. The quantitative estimate of drug-likeness (QED) is 0.176. The zero-order valence-corrected chi connectivity index (χ0v) is 31.4. The van der Waals surface area contributed by atoms with Crippen LogP contribution in [-0.4, -0.2) is 24.1 Å². The van der Waals surface area contributed by atoms with E-state index in [1.165, 1.54) is 52.9 Å². The summed E-state index contributed by atoms with van der Waals surface area (Å²) >= 11 is 1.82. The molecule has 12 rings (SSSR count). The molecule has 0 aliphatic heterocycles. The fourth-order valence-electron chi connectivity index (χ4n) is 8.65. The molecule has 12 aromatic rings. The van der Waals surface area contributed by atoms with Gasteiger partial charge in [0.2, 0.25) is 0 Å². The minimum atomic E-state index is 0.649. The molecule has 57 heavy (non-hydrogen) atoms. The van der Waals surface area contributed by atoms with E-state index < -0.39 is 0 Å². The number of para-hydroxylation sites is 3. The molecule has 0 spiro atoms. The van der Waals surface area contributed by atoms with Crippen LogP contribution < -0.4 is 0 Å². The molecule has 0 atom stereocenters. The first-order valence-corrected chi connectivity index (χ1v) is 19.9. The summed E-state index contributed by atoms with van der Waals surface area (Å²) in [5.41, 5.74) is 9.85. The number of aromatic nitrogens is 5. The summed E-state index contributed by atoms with van der Waals surface area (Å²) in [7, 11) is 0. The van der Waals surface area contributed by atoms with Crippen LogP contribution in [0.25, 0.3) is 109 Å². The van der Waals surface area contributed by atoms with Gasteiger partial charge in [-0.2, -0.15) is 0 Å². The van der Waals surface area contributed by atoms with Gasteiger partial charge in [-0.3, -0.25) is 0 Å². The Balaban J connectivity index is 1.17. The van der Waals surface area contributed by atoms with Crippen LogP contribution in [0.15, 0.2) is 188 Å². The van der Waals surface area contributed by atoms with Crippen molar-refractivity contribution < 1.29 is 0 Å². The van der Waals surface area contributed by atoms with E-state index in [4.69, 9.17) is 15.0 Å². The van der Waals surface area contributed by atoms with Crippen LogP contribution in [0.4, 0.5) is 0 Å². The summed E-state index contributed by atoms with van der Waals surface area (Å²) in [5, 5.41) is 7.26. The maximum Gasteiger partial charge on any atom is 0.164 e. The predicted octanol–water partition coefficient (Wildman–Crippen LogP) is 13.4. The monoisotopic (exact) mass is 745 g/mol. The van der Waals surface area contributed by atoms with Crippen molar-refractivity contribution in [1.29, 1.82) is 0 Å². The molecular formula is C51H31N5S. The molecule has 0 unspecified atom stereocenters. The Morgan fingerprint density at radius 2 is 0.877 bits per heavy atom. The highest BCUT2D eigenvalue weighted by atomic mass is 32.1. The molecule has 6 heteroatoms. The summed E-state index contributed by atoms with van der Waals surface area (Å²) in [6.45, 7) is 0. The third kappa shape index (κ3) is 4.91. The van der Waals surface area contributed by atoms with E-state index in [9.17, 15) is 0 Å². The first-order chi connectivity index (χ1) is 28.3. The van der Waals surface area contributed by atoms with Crippen LogP contribution in [0.2, 0.25) is 0 Å². The zero-order chi connectivity index (χ0) is 37.5. The SMILES string of the molecule is c1ccc(-c2nc(-c3ccccc3)nc(-c3ccc(-n4c5ccccc5c5cc6c7ccccc7n(-c7ccccc7)c6cc54)c4sc5ccccc5c34)n2)cc1. The molecule has 0 saturated heterocycles. The highest BCUT2D eigenvalue weighted by molar-refractivity contribution is 7.26. The van der Waals surface area contributed by atoms with Crippen LogP contribution in [0, 0.1) is 0 Å². The predicted molar refractivity (Wildman–Crippen MR) is 238 cm³/mol. The van der Waals surface area contributed by atoms with Crippen molar-refractivity contribution in [2.45, 2.75) is 0 Å². The molecule has 0 N–H and O–H groups in total. The molecule has 0 fully saturated rings. The van der Waals surface area contributed by atoms with E-state index in [0.29, 0.717) is 17.5 Å². The topological polar surface area (TPSA) is 48.5 Å². The second-order valence-corrected chi connectivity index (χ2v) is 15.5. The maximum absolute atomic E-state index is 5.19. The number of nitrogens with zero attached hydrogens (tertiary/aromatic N) is 5. The average molecular weight is 746 g/mol. The normalized spacial score (nSPS) is 11.9. The zero-order valence-electron chi connectivity index (χ0n) is 30.5. The van der Waals surface area contributed by atoms with E-state index in [2.05, 4.69) is 161 Å². The van der Waals surface area contributed by atoms with E-state index in [1.54, 1.807) is 0 Å². The minimum absolute atomic E-state index is 0.649. The van der Waals surface area contributed by atoms with E-state index >= 15 is 0 Å². The highest BCUT2D eigenvalue weighted by Crippen LogP contribution is 2.46. The van der Waals surface area contributed by atoms with Crippen molar-refractivity contribution in [3.63, 3.8) is 0 Å². The molecule has 4 aromatic heterocycles. The maximum atomic E-state index is 5.19. The Morgan fingerprint density at radius 3 is 1.53 bits per heavy atom. The number of thiophene rings is 1. The first-order valence-electron chi connectivity index (χ1n) is 19.1. The lowest BCUT2D eigenvalue weighted by Crippen LogP contribution is -2.01. The van der Waals surface area contributed by atoms with Crippen molar-refractivity contribution in [1.82, 2.24) is 24.1 Å². The van der Waals surface area contributed by atoms with Gasteiger partial charge in [-0.15, -0.1) is 11.3 Å². The Hall–Kier alpha value is -7.41. The number of hydrogen-bond acceptors (Lipinski definition) is 4. The fourth-order valence-corrected chi connectivity index (χ4v) is 9.88. The summed E-state index contributed by atoms with van der Waals surface area (Å²) in [6.07, 6.45) is 0. The molecule has 0 bridgehead atoms. The smallest absolute Gasteiger partial charge is 0.164 e. The summed E-state index contributed by atoms with van der Waals surface area (Å²) in [4.78, 5) is 15.4. The number of benzene rings is 8. The average Bonchev–Trinajstić information content (AvgIpc) is 3.94. The van der Waals surface area contributed by atoms with Crippen molar-refractivity contribution in [2.24, 2.45) is 0 Å². The summed E-state index contributed by atoms with van der Waals surface area (Å²) in [5.74, 6) is 1.95. The van der Waals surface area contributed by atoms with Gasteiger partial charge < -0.3 is 9.13 Å². The van der Waals surface area contributed by atoms with Crippen LogP contribution in [0.1, 0.15) is 0 Å². The molecule has 0 aliphatic carbocycles. The van der Waals surface area contributed by atoms with Crippen molar-refractivity contribution in [2.75, 3.05) is 0 Å². The molecule has 4 heterocycles. The van der Waals surface area contributed by atoms with Gasteiger partial charge in [0.15, 0.2) is 17.5 Å². The second kappa shape index (κ2) is 12.6. The van der Waals surface area contributed by atoms with Gasteiger partial charge >= 0.3 is 0 Å². The Bertz CT molecular complexity index is 3450. The number of fused-ring (bicyclic) bond motifs is 9. The van der Waals surface area contributed by atoms with Gasteiger partial charge in [0.1, 0.15) is 0 Å². The van der Waals surface area contributed by atoms with Crippen LogP contribution in [0.3, 0.4) is 0 Å². The number of rotatable bonds is 5. The standard InChI is InChI=1S/C51H31N5S/c1-4-16-32(17-5-1)49-52-50(33-18-6-2-7-19-33)54-51(53-49)38-28-29-43(48-47(38)37-24-12-15-27-46(37)57-48)56-42-26-14-11-23-36(42)40-30-39-35-22-10-13-25-41(35)55(44(39)31-45(40)56)34-20-8-3-9-21-34/h1-31H. The lowest BCUT2D eigenvalue weighted by molar-refractivity contribution is 1.08. The van der Waals surface area contributed by atoms with Gasteiger partial charge in [0, 0.05) is 59.4 Å². The van der Waals surface area contributed by atoms with E-state index in [-0.39, 0.29) is 0 Å². The Kier molecular flexibility index (Phi) is 7.03. The first kappa shape index (κ1) is 31.9. The molecule has 8 aromatic carbocycles. The van der Waals surface area contributed by atoms with Crippen LogP contribution in [0.5, 0.6) is 0 Å². The van der Waals surface area contributed by atoms with Crippen LogP contribution >= 0.6 is 11.3 Å². The largest absolute Gasteiger partial charge is 0.309 e. The van der Waals surface area contributed by atoms with Gasteiger partial charge in [-0.1, -0.05) is 133 Å². The molecule has 0 radical (unpaired) electrons. The molecule has 266 valence electrons. The molecule has 0 amide bonds. The minimum Gasteiger partial charge on any atom is -0.309 e. The second-order valence-electron chi connectivity index (χ2n) is 14.4. The van der Waals surface area contributed by atoms with Crippen molar-refractivity contribution in [3.8, 4) is 45.5 Å². The summed E-state index contributed by atoms with van der Waals surface area (Å²) in [6, 6.07) is 66.6. The molecular weight excluding hydrogens is 715 g/mol. The van der Waals surface area contributed by atoms with Gasteiger partial charge in [-0.25, -0.2) is 15.0 Å². The molecule has 5 nitrogen and oxygen atoms in total. The molecule has 0 aliphatic rings. The Labute approximate surface area is 331 Å². The van der Waals surface area contributed by atoms with Gasteiger partial charge in [-0.05, 0) is 54.6 Å². The highest BCUT2D eigenvalue weighted by Gasteiger charge is 2.23. The van der Waals surface area contributed by atoms with E-state index in [0.717, 1.165) is 39.0 Å². The third-order valence-electron chi connectivity index (χ3n) is 11.2. The van der Waals surface area contributed by atoms with Gasteiger partial charge in [0.05, 0.1) is 32.5 Å². The van der Waals surface area contributed by atoms with Crippen molar-refractivity contribution in [3.05, 3.63) is 188 Å². The van der Waals surface area contributed by atoms with Crippen molar-refractivity contribution >= 4 is 75.1 Å². The number of hydrogen-bond donors (Lipinski definition) is 0. The summed E-state index contributed by atoms with van der Waals surface area (Å²) < 4.78 is 7.27. The lowest BCUT2D eigenvalue weighted by Gasteiger charge is -2.14.